The maximum Gasteiger partial charge on any atom is 0.252 e. The molecular weight excluding hydrogens is 328 g/mol. The maximum absolute atomic E-state index is 12.3. The number of hydrogen-bond acceptors (Lipinski definition) is 6. The fourth-order valence-corrected chi connectivity index (χ4v) is 2.56. The number of methoxy groups -OCH3 is 1. The first kappa shape index (κ1) is 21.6. The fraction of sp³-hybridized carbons (Fsp3) is 0.765. The minimum absolute atomic E-state index is 0.161. The van der Waals surface area contributed by atoms with Crippen LogP contribution < -0.4 is 10.6 Å². The zero-order valence-corrected chi connectivity index (χ0v) is 15.0. The van der Waals surface area contributed by atoms with Gasteiger partial charge in [-0.15, -0.1) is 0 Å². The number of carbonyl (C=O) groups excluding carboxylic acids is 2. The van der Waals surface area contributed by atoms with Crippen LogP contribution in [0.25, 0.3) is 0 Å². The molecule has 1 aliphatic rings. The van der Waals surface area contributed by atoms with Crippen molar-refractivity contribution in [2.45, 2.75) is 63.6 Å². The lowest BCUT2D eigenvalue weighted by Crippen LogP contribution is -2.55. The molecule has 1 fully saturated rings. The van der Waals surface area contributed by atoms with Gasteiger partial charge >= 0.3 is 0 Å². The highest BCUT2D eigenvalue weighted by Crippen LogP contribution is 2.12. The quantitative estimate of drug-likeness (QED) is 0.357. The number of rotatable bonds is 8. The summed E-state index contributed by atoms with van der Waals surface area (Å²) >= 11 is 0. The standard InChI is InChI=1S/C17H30N2O6/c1-10(2)7-8-12(20)13(21)14(22)15(25-3)17(24)19-11-6-4-5-9-18-16(11)23/h7-8,10-15,20-22H,4-6,9H2,1-3H3,(H,18,23)(H,19,24)/b8-7+/t11-,12+,13-,14+,15+/m0/s1. The summed E-state index contributed by atoms with van der Waals surface area (Å²) in [5.41, 5.74) is 0. The molecule has 0 aromatic heterocycles. The largest absolute Gasteiger partial charge is 0.387 e. The molecule has 8 nitrogen and oxygen atoms in total. The van der Waals surface area contributed by atoms with Crippen LogP contribution in [0, 0.1) is 5.92 Å². The number of ether oxygens (including phenoxy) is 1. The first-order chi connectivity index (χ1) is 11.8. The van der Waals surface area contributed by atoms with E-state index in [0.29, 0.717) is 13.0 Å². The van der Waals surface area contributed by atoms with Gasteiger partial charge in [0.25, 0.3) is 5.91 Å². The van der Waals surface area contributed by atoms with E-state index in [1.54, 1.807) is 6.08 Å². The van der Waals surface area contributed by atoms with Gasteiger partial charge in [-0.25, -0.2) is 0 Å². The third kappa shape index (κ3) is 6.74. The molecule has 2 amide bonds. The summed E-state index contributed by atoms with van der Waals surface area (Å²) in [4.78, 5) is 24.2. The van der Waals surface area contributed by atoms with Crippen molar-refractivity contribution in [2.24, 2.45) is 5.92 Å². The molecule has 0 aliphatic carbocycles. The molecular formula is C17H30N2O6. The number of hydrogen-bond donors (Lipinski definition) is 5. The van der Waals surface area contributed by atoms with Crippen LogP contribution in [-0.2, 0) is 14.3 Å². The highest BCUT2D eigenvalue weighted by Gasteiger charge is 2.36. The van der Waals surface area contributed by atoms with Crippen molar-refractivity contribution in [3.8, 4) is 0 Å². The average molecular weight is 358 g/mol. The molecule has 0 unspecified atom stereocenters. The zero-order valence-electron chi connectivity index (χ0n) is 15.0. The van der Waals surface area contributed by atoms with Gasteiger partial charge in [0.15, 0.2) is 6.10 Å². The van der Waals surface area contributed by atoms with Gasteiger partial charge < -0.3 is 30.7 Å². The Labute approximate surface area is 148 Å². The summed E-state index contributed by atoms with van der Waals surface area (Å²) < 4.78 is 4.99. The fourth-order valence-electron chi connectivity index (χ4n) is 2.56. The Morgan fingerprint density at radius 1 is 1.24 bits per heavy atom. The molecule has 25 heavy (non-hydrogen) atoms. The molecule has 1 rings (SSSR count). The Balaban J connectivity index is 2.71. The summed E-state index contributed by atoms with van der Waals surface area (Å²) in [6, 6.07) is -0.706. The van der Waals surface area contributed by atoms with Gasteiger partial charge in [-0.05, 0) is 25.2 Å². The van der Waals surface area contributed by atoms with E-state index < -0.39 is 36.4 Å². The second-order valence-corrected chi connectivity index (χ2v) is 6.60. The summed E-state index contributed by atoms with van der Waals surface area (Å²) in [7, 11) is 1.21. The third-order valence-corrected chi connectivity index (χ3v) is 4.07. The van der Waals surface area contributed by atoms with Crippen molar-refractivity contribution in [3.63, 3.8) is 0 Å². The molecule has 144 valence electrons. The molecule has 0 saturated carbocycles. The summed E-state index contributed by atoms with van der Waals surface area (Å²) in [6.45, 7) is 4.36. The number of allylic oxidation sites excluding steroid dienone is 1. The van der Waals surface area contributed by atoms with E-state index in [-0.39, 0.29) is 11.8 Å². The van der Waals surface area contributed by atoms with Gasteiger partial charge in [0.1, 0.15) is 24.4 Å². The second-order valence-electron chi connectivity index (χ2n) is 6.60. The van der Waals surface area contributed by atoms with Gasteiger partial charge in [0, 0.05) is 13.7 Å². The monoisotopic (exact) mass is 358 g/mol. The molecule has 1 heterocycles. The van der Waals surface area contributed by atoms with Gasteiger partial charge in [-0.1, -0.05) is 26.0 Å². The molecule has 0 bridgehead atoms. The Morgan fingerprint density at radius 2 is 1.92 bits per heavy atom. The molecule has 1 saturated heterocycles. The van der Waals surface area contributed by atoms with Crippen LogP contribution in [0.15, 0.2) is 12.2 Å². The summed E-state index contributed by atoms with van der Waals surface area (Å²) in [5, 5.41) is 35.4. The lowest BCUT2D eigenvalue weighted by atomic mass is 10.0. The minimum Gasteiger partial charge on any atom is -0.387 e. The molecule has 0 spiro atoms. The van der Waals surface area contributed by atoms with Gasteiger partial charge in [-0.3, -0.25) is 9.59 Å². The Bertz CT molecular complexity index is 468. The van der Waals surface area contributed by atoms with Crippen molar-refractivity contribution in [1.29, 1.82) is 0 Å². The predicted octanol–water partition coefficient (Wildman–Crippen LogP) is -0.919. The predicted molar refractivity (Wildman–Crippen MR) is 91.6 cm³/mol. The minimum atomic E-state index is -1.65. The van der Waals surface area contributed by atoms with Crippen molar-refractivity contribution in [3.05, 3.63) is 12.2 Å². The van der Waals surface area contributed by atoms with Crippen LogP contribution in [0.3, 0.4) is 0 Å². The maximum atomic E-state index is 12.3. The zero-order chi connectivity index (χ0) is 19.0. The summed E-state index contributed by atoms with van der Waals surface area (Å²) in [6.07, 6.45) is -0.851. The lowest BCUT2D eigenvalue weighted by molar-refractivity contribution is -0.150. The van der Waals surface area contributed by atoms with Crippen LogP contribution in [0.2, 0.25) is 0 Å². The average Bonchev–Trinajstić information content (AvgIpc) is 2.77. The van der Waals surface area contributed by atoms with Crippen molar-refractivity contribution < 1.29 is 29.6 Å². The van der Waals surface area contributed by atoms with Crippen LogP contribution >= 0.6 is 0 Å². The van der Waals surface area contributed by atoms with Gasteiger partial charge in [-0.2, -0.15) is 0 Å². The first-order valence-corrected chi connectivity index (χ1v) is 8.61. The number of carbonyl (C=O) groups is 2. The smallest absolute Gasteiger partial charge is 0.252 e. The van der Waals surface area contributed by atoms with Crippen LogP contribution in [0.1, 0.15) is 33.1 Å². The second kappa shape index (κ2) is 10.5. The van der Waals surface area contributed by atoms with Crippen molar-refractivity contribution in [2.75, 3.05) is 13.7 Å². The van der Waals surface area contributed by atoms with E-state index in [1.165, 1.54) is 13.2 Å². The topological polar surface area (TPSA) is 128 Å². The van der Waals surface area contributed by atoms with E-state index in [9.17, 15) is 24.9 Å². The molecule has 0 aromatic rings. The highest BCUT2D eigenvalue weighted by atomic mass is 16.5. The molecule has 8 heteroatoms. The van der Waals surface area contributed by atoms with E-state index in [1.807, 2.05) is 13.8 Å². The van der Waals surface area contributed by atoms with Gasteiger partial charge in [0.05, 0.1) is 0 Å². The van der Waals surface area contributed by atoms with E-state index in [0.717, 1.165) is 12.8 Å². The number of nitrogens with one attached hydrogen (secondary N) is 2. The number of amides is 2. The van der Waals surface area contributed by atoms with E-state index in [4.69, 9.17) is 4.74 Å². The van der Waals surface area contributed by atoms with Crippen LogP contribution in [0.4, 0.5) is 0 Å². The normalized spacial score (nSPS) is 23.6. The first-order valence-electron chi connectivity index (χ1n) is 8.61. The third-order valence-electron chi connectivity index (χ3n) is 4.07. The van der Waals surface area contributed by atoms with Crippen LogP contribution in [0.5, 0.6) is 0 Å². The Morgan fingerprint density at radius 3 is 2.52 bits per heavy atom. The van der Waals surface area contributed by atoms with Crippen LogP contribution in [-0.4, -0.2) is 71.2 Å². The van der Waals surface area contributed by atoms with Crippen molar-refractivity contribution >= 4 is 11.8 Å². The Kier molecular flexibility index (Phi) is 9.05. The lowest BCUT2D eigenvalue weighted by Gasteiger charge is -2.28. The molecule has 5 atom stereocenters. The van der Waals surface area contributed by atoms with Crippen molar-refractivity contribution in [1.82, 2.24) is 10.6 Å². The molecule has 0 aromatic carbocycles. The molecule has 5 N–H and O–H groups in total. The SMILES string of the molecule is CO[C@@H](C(=O)N[C@H]1CCCCNC1=O)[C@H](O)[C@@H](O)[C@H](O)/C=C/C(C)C. The Hall–Kier alpha value is -1.48. The number of aliphatic hydroxyl groups is 3. The highest BCUT2D eigenvalue weighted by molar-refractivity contribution is 5.89. The van der Waals surface area contributed by atoms with E-state index >= 15 is 0 Å². The molecule has 0 radical (unpaired) electrons. The molecule has 1 aliphatic heterocycles. The number of aliphatic hydroxyl groups excluding tert-OH is 3. The van der Waals surface area contributed by atoms with E-state index in [2.05, 4.69) is 10.6 Å². The van der Waals surface area contributed by atoms with Gasteiger partial charge in [0.2, 0.25) is 5.91 Å². The summed E-state index contributed by atoms with van der Waals surface area (Å²) in [5.74, 6) is -0.832.